The highest BCUT2D eigenvalue weighted by molar-refractivity contribution is 5.85. The lowest BCUT2D eigenvalue weighted by Gasteiger charge is -2.22. The zero-order chi connectivity index (χ0) is 29.1. The van der Waals surface area contributed by atoms with E-state index in [4.69, 9.17) is 9.90 Å². The maximum Gasteiger partial charge on any atom is 0.490 e. The molecule has 1 atom stereocenters. The molecule has 0 unspecified atom stereocenters. The Labute approximate surface area is 231 Å². The molecule has 214 valence electrons. The molecule has 3 aromatic rings. The molecule has 1 aromatic heterocycles. The zero-order valence-corrected chi connectivity index (χ0v) is 22.5. The molecular formula is C29H34F3N5O3. The zero-order valence-electron chi connectivity index (χ0n) is 22.5. The second-order valence-corrected chi connectivity index (χ2v) is 9.68. The molecule has 4 rings (SSSR count). The fourth-order valence-electron chi connectivity index (χ4n) is 4.31. The average Bonchev–Trinajstić information content (AvgIpc) is 3.41. The average molecular weight is 558 g/mol. The molecule has 40 heavy (non-hydrogen) atoms. The molecule has 4 N–H and O–H groups in total. The first-order chi connectivity index (χ1) is 19.0. The number of hydrogen-bond donors (Lipinski definition) is 4. The Balaban J connectivity index is 0.000000559. The number of anilines is 2. The summed E-state index contributed by atoms with van der Waals surface area (Å²) in [4.78, 5) is 31.3. The van der Waals surface area contributed by atoms with Crippen LogP contribution in [-0.2, 0) is 22.6 Å². The number of carboxylic acids is 1. The first kappa shape index (κ1) is 30.4. The van der Waals surface area contributed by atoms with Crippen molar-refractivity contribution in [1.82, 2.24) is 15.3 Å². The smallest absolute Gasteiger partial charge is 0.475 e. The van der Waals surface area contributed by atoms with Gasteiger partial charge in [-0.2, -0.15) is 18.2 Å². The molecule has 1 amide bonds. The Kier molecular flexibility index (Phi) is 10.9. The van der Waals surface area contributed by atoms with Crippen LogP contribution in [-0.4, -0.2) is 45.2 Å². The molecule has 0 bridgehead atoms. The van der Waals surface area contributed by atoms with E-state index in [1.165, 1.54) is 24.0 Å². The molecule has 0 saturated heterocycles. The van der Waals surface area contributed by atoms with Crippen molar-refractivity contribution >= 4 is 23.6 Å². The lowest BCUT2D eigenvalue weighted by atomic mass is 10.0. The number of nitrogens with zero attached hydrogens (tertiary/aromatic N) is 2. The summed E-state index contributed by atoms with van der Waals surface area (Å²) >= 11 is 0. The van der Waals surface area contributed by atoms with Gasteiger partial charge in [0.15, 0.2) is 0 Å². The van der Waals surface area contributed by atoms with Gasteiger partial charge >= 0.3 is 12.1 Å². The second-order valence-electron chi connectivity index (χ2n) is 9.68. The lowest BCUT2D eigenvalue weighted by Crippen LogP contribution is -2.45. The minimum Gasteiger partial charge on any atom is -0.475 e. The summed E-state index contributed by atoms with van der Waals surface area (Å²) in [5.41, 5.74) is 4.38. The van der Waals surface area contributed by atoms with Gasteiger partial charge in [0.1, 0.15) is 11.9 Å². The largest absolute Gasteiger partial charge is 0.490 e. The molecule has 8 nitrogen and oxygen atoms in total. The Morgan fingerprint density at radius 3 is 2.25 bits per heavy atom. The number of amides is 1. The summed E-state index contributed by atoms with van der Waals surface area (Å²) in [5, 5.41) is 17.1. The fourth-order valence-corrected chi connectivity index (χ4v) is 4.31. The molecule has 1 heterocycles. The van der Waals surface area contributed by atoms with Crippen molar-refractivity contribution in [3.8, 4) is 0 Å². The number of carbonyl (C=O) groups is 2. The highest BCUT2D eigenvalue weighted by atomic mass is 19.4. The van der Waals surface area contributed by atoms with Crippen LogP contribution in [0.5, 0.6) is 0 Å². The third-order valence-corrected chi connectivity index (χ3v) is 6.42. The first-order valence-electron chi connectivity index (χ1n) is 13.1. The topological polar surface area (TPSA) is 116 Å². The Morgan fingerprint density at radius 2 is 1.62 bits per heavy atom. The molecule has 1 aliphatic rings. The summed E-state index contributed by atoms with van der Waals surface area (Å²) in [6.45, 7) is 4.68. The van der Waals surface area contributed by atoms with Crippen molar-refractivity contribution in [2.24, 2.45) is 0 Å². The number of carbonyl (C=O) groups excluding carboxylic acids is 1. The van der Waals surface area contributed by atoms with Crippen molar-refractivity contribution < 1.29 is 27.9 Å². The summed E-state index contributed by atoms with van der Waals surface area (Å²) in [6, 6.07) is 20.1. The van der Waals surface area contributed by atoms with E-state index in [1.54, 1.807) is 0 Å². The molecule has 1 aliphatic carbocycles. The van der Waals surface area contributed by atoms with Crippen molar-refractivity contribution in [3.63, 3.8) is 0 Å². The summed E-state index contributed by atoms with van der Waals surface area (Å²) in [5.74, 6) is -1.53. The van der Waals surface area contributed by atoms with Crippen LogP contribution in [0.1, 0.15) is 48.1 Å². The molecule has 11 heteroatoms. The second kappa shape index (κ2) is 14.3. The van der Waals surface area contributed by atoms with Gasteiger partial charge in [0.2, 0.25) is 11.9 Å². The van der Waals surface area contributed by atoms with Crippen LogP contribution in [0.4, 0.5) is 24.9 Å². The maximum atomic E-state index is 13.2. The van der Waals surface area contributed by atoms with Gasteiger partial charge in [-0.05, 0) is 43.4 Å². The highest BCUT2D eigenvalue weighted by Crippen LogP contribution is 2.19. The predicted octanol–water partition coefficient (Wildman–Crippen LogP) is 5.42. The molecule has 2 aromatic carbocycles. The van der Waals surface area contributed by atoms with Gasteiger partial charge in [-0.3, -0.25) is 4.79 Å². The van der Waals surface area contributed by atoms with Crippen LogP contribution in [0.25, 0.3) is 0 Å². The van der Waals surface area contributed by atoms with E-state index in [0.717, 1.165) is 24.1 Å². The van der Waals surface area contributed by atoms with Gasteiger partial charge in [-0.25, -0.2) is 9.78 Å². The minimum atomic E-state index is -5.08. The summed E-state index contributed by atoms with van der Waals surface area (Å²) in [7, 11) is 0. The van der Waals surface area contributed by atoms with Crippen LogP contribution < -0.4 is 16.0 Å². The standard InChI is InChI=1S/C27H33N5O.C2HF3O2/c1-19-10-6-7-13-22(19)18-28-27-29-20(2)16-25(32-27)31-24(17-21-11-4-3-5-12-21)26(33)30-23-14-8-9-15-23;3-2(4,5)1(6)7/h3-7,10-13,16,23-24H,8-9,14-15,17-18H2,1-2H3,(H,30,33)(H2,28,29,31,32);(H,6,7)/t24-;/m0./s1. The van der Waals surface area contributed by atoms with E-state index >= 15 is 0 Å². The summed E-state index contributed by atoms with van der Waals surface area (Å²) in [6.07, 6.45) is -0.00726. The summed E-state index contributed by atoms with van der Waals surface area (Å²) < 4.78 is 31.7. The number of nitrogens with one attached hydrogen (secondary N) is 3. The number of aryl methyl sites for hydroxylation is 2. The van der Waals surface area contributed by atoms with Gasteiger partial charge < -0.3 is 21.1 Å². The number of benzene rings is 2. The van der Waals surface area contributed by atoms with Crippen LogP contribution in [0.15, 0.2) is 60.7 Å². The van der Waals surface area contributed by atoms with E-state index in [2.05, 4.69) is 57.1 Å². The number of carboxylic acid groups (broad SMARTS) is 1. The third kappa shape index (κ3) is 9.87. The predicted molar refractivity (Wildman–Crippen MR) is 147 cm³/mol. The van der Waals surface area contributed by atoms with Gasteiger partial charge in [0.05, 0.1) is 0 Å². The van der Waals surface area contributed by atoms with E-state index in [9.17, 15) is 18.0 Å². The van der Waals surface area contributed by atoms with Gasteiger partial charge in [-0.1, -0.05) is 67.4 Å². The Morgan fingerprint density at radius 1 is 1.00 bits per heavy atom. The molecule has 1 fully saturated rings. The van der Waals surface area contributed by atoms with E-state index in [0.29, 0.717) is 24.7 Å². The fraction of sp³-hybridized carbons (Fsp3) is 0.379. The highest BCUT2D eigenvalue weighted by Gasteiger charge is 2.38. The van der Waals surface area contributed by atoms with Gasteiger partial charge in [0.25, 0.3) is 0 Å². The molecule has 0 radical (unpaired) electrons. The number of aliphatic carboxylic acids is 1. The number of alkyl halides is 3. The molecule has 0 spiro atoms. The third-order valence-electron chi connectivity index (χ3n) is 6.42. The Hall–Kier alpha value is -4.15. The van der Waals surface area contributed by atoms with Crippen LogP contribution in [0.2, 0.25) is 0 Å². The van der Waals surface area contributed by atoms with E-state index < -0.39 is 18.2 Å². The van der Waals surface area contributed by atoms with E-state index in [1.807, 2.05) is 43.3 Å². The minimum absolute atomic E-state index is 0.0245. The Bertz CT molecular complexity index is 1270. The van der Waals surface area contributed by atoms with Crippen molar-refractivity contribution in [2.75, 3.05) is 10.6 Å². The van der Waals surface area contributed by atoms with Gasteiger partial charge in [0, 0.05) is 30.8 Å². The van der Waals surface area contributed by atoms with Crippen LogP contribution >= 0.6 is 0 Å². The lowest BCUT2D eigenvalue weighted by molar-refractivity contribution is -0.192. The number of rotatable bonds is 9. The number of halogens is 3. The SMILES string of the molecule is Cc1cc(N[C@@H](Cc2ccccc2)C(=O)NC2CCCC2)nc(NCc2ccccc2C)n1.O=C(O)C(F)(F)F. The van der Waals surface area contributed by atoms with Gasteiger partial charge in [-0.15, -0.1) is 0 Å². The number of aromatic nitrogens is 2. The quantitative estimate of drug-likeness (QED) is 0.278. The van der Waals surface area contributed by atoms with Crippen LogP contribution in [0.3, 0.4) is 0 Å². The van der Waals surface area contributed by atoms with Crippen molar-refractivity contribution in [3.05, 3.63) is 83.0 Å². The number of hydrogen-bond acceptors (Lipinski definition) is 6. The van der Waals surface area contributed by atoms with Crippen molar-refractivity contribution in [2.45, 2.75) is 70.8 Å². The van der Waals surface area contributed by atoms with Crippen LogP contribution in [0, 0.1) is 13.8 Å². The van der Waals surface area contributed by atoms with E-state index in [-0.39, 0.29) is 11.9 Å². The maximum absolute atomic E-state index is 13.2. The molecular weight excluding hydrogens is 523 g/mol. The first-order valence-corrected chi connectivity index (χ1v) is 13.1. The normalized spacial score (nSPS) is 14.0. The molecule has 1 saturated carbocycles. The molecule has 0 aliphatic heterocycles. The van der Waals surface area contributed by atoms with Crippen molar-refractivity contribution in [1.29, 1.82) is 0 Å². The monoisotopic (exact) mass is 557 g/mol.